The molecule has 2 atom stereocenters. The Bertz CT molecular complexity index is 125. The van der Waals surface area contributed by atoms with Crippen LogP contribution in [-0.2, 0) is 0 Å². The number of rotatable bonds is 2. The van der Waals surface area contributed by atoms with E-state index in [1.807, 2.05) is 0 Å². The highest BCUT2D eigenvalue weighted by atomic mass is 14.2. The number of hydrogen-bond donors (Lipinski definition) is 0. The molecule has 1 rings (SSSR count). The van der Waals surface area contributed by atoms with E-state index in [0.29, 0.717) is 5.92 Å². The van der Waals surface area contributed by atoms with E-state index in [1.54, 1.807) is 0 Å². The lowest BCUT2D eigenvalue weighted by atomic mass is 9.84. The summed E-state index contributed by atoms with van der Waals surface area (Å²) in [6, 6.07) is 0. The predicted molar refractivity (Wildman–Crippen MR) is 35.3 cm³/mol. The first-order chi connectivity index (χ1) is 3.84. The van der Waals surface area contributed by atoms with Crippen molar-refractivity contribution in [2.24, 2.45) is 11.8 Å². The normalized spacial score (nSPS) is 32.8. The molecule has 0 aromatic heterocycles. The molecule has 1 aliphatic carbocycles. The van der Waals surface area contributed by atoms with Gasteiger partial charge in [-0.25, -0.2) is 0 Å². The lowest BCUT2D eigenvalue weighted by Crippen LogP contribution is -2.14. The molecule has 1 aliphatic rings. The Labute approximate surface area is 51.3 Å². The molecule has 0 spiro atoms. The number of hydrogen-bond acceptors (Lipinski definition) is 0. The first kappa shape index (κ1) is 5.69. The van der Waals surface area contributed by atoms with Gasteiger partial charge in [0.2, 0.25) is 0 Å². The monoisotopic (exact) mass is 108 g/mol. The first-order valence-corrected chi connectivity index (χ1v) is 3.35. The zero-order valence-electron chi connectivity index (χ0n) is 5.57. The summed E-state index contributed by atoms with van der Waals surface area (Å²) in [6.07, 6.45) is 2.58. The minimum Gasteiger partial charge on any atom is -0.0986 e. The van der Waals surface area contributed by atoms with Gasteiger partial charge in [-0.15, -0.1) is 0 Å². The average Bonchev–Trinajstić information content (AvgIpc) is 1.79. The van der Waals surface area contributed by atoms with Gasteiger partial charge < -0.3 is 0 Å². The van der Waals surface area contributed by atoms with Gasteiger partial charge in [0.25, 0.3) is 0 Å². The van der Waals surface area contributed by atoms with E-state index in [-0.39, 0.29) is 0 Å². The maximum Gasteiger partial charge on any atom is 0.0337 e. The van der Waals surface area contributed by atoms with Crippen molar-refractivity contribution in [3.05, 3.63) is 0 Å². The van der Waals surface area contributed by atoms with Crippen molar-refractivity contribution in [1.29, 1.82) is 0 Å². The third kappa shape index (κ3) is 0.865. The van der Waals surface area contributed by atoms with Crippen molar-refractivity contribution in [3.63, 3.8) is 0 Å². The van der Waals surface area contributed by atoms with Crippen molar-refractivity contribution < 1.29 is 0 Å². The Morgan fingerprint density at radius 1 is 1.38 bits per heavy atom. The van der Waals surface area contributed by atoms with E-state index in [0.717, 1.165) is 5.92 Å². The zero-order valence-corrected chi connectivity index (χ0v) is 5.57. The van der Waals surface area contributed by atoms with Crippen LogP contribution >= 0.6 is 0 Å². The molecule has 0 fully saturated rings. The Morgan fingerprint density at radius 2 is 2.12 bits per heavy atom. The highest BCUT2D eigenvalue weighted by Gasteiger charge is 2.17. The van der Waals surface area contributed by atoms with Gasteiger partial charge in [-0.05, 0) is 6.42 Å². The average molecular weight is 108 g/mol. The largest absolute Gasteiger partial charge is 0.0986 e. The zero-order chi connectivity index (χ0) is 5.98. The van der Waals surface area contributed by atoms with Crippen LogP contribution in [0.2, 0.25) is 0 Å². The van der Waals surface area contributed by atoms with Crippen molar-refractivity contribution >= 4 is 0 Å². The molecular formula is C8H12. The third-order valence-electron chi connectivity index (χ3n) is 1.70. The molecule has 0 aromatic rings. The van der Waals surface area contributed by atoms with Crippen molar-refractivity contribution in [1.82, 2.24) is 0 Å². The van der Waals surface area contributed by atoms with Gasteiger partial charge in [-0.2, -0.15) is 0 Å². The standard InChI is InChI=1S/C8H12/c1-3-4-8-6-5-7(8)2/h7-8H,3-4H2,1-2H3. The Balaban J connectivity index is 2.24. The molecular weight excluding hydrogens is 96.1 g/mol. The quantitative estimate of drug-likeness (QED) is 0.475. The first-order valence-electron chi connectivity index (χ1n) is 3.35. The highest BCUT2D eigenvalue weighted by Crippen LogP contribution is 2.21. The van der Waals surface area contributed by atoms with Crippen LogP contribution in [0.4, 0.5) is 0 Å². The van der Waals surface area contributed by atoms with Crippen LogP contribution < -0.4 is 0 Å². The minimum absolute atomic E-state index is 0.690. The van der Waals surface area contributed by atoms with E-state index in [1.165, 1.54) is 12.8 Å². The fraction of sp³-hybridized carbons (Fsp3) is 0.750. The molecule has 0 nitrogen and oxygen atoms in total. The van der Waals surface area contributed by atoms with Gasteiger partial charge in [0, 0.05) is 11.8 Å². The maximum absolute atomic E-state index is 3.15. The second-order valence-corrected chi connectivity index (χ2v) is 2.47. The second-order valence-electron chi connectivity index (χ2n) is 2.47. The Kier molecular flexibility index (Phi) is 1.58. The fourth-order valence-electron chi connectivity index (χ4n) is 1.00. The molecule has 0 N–H and O–H groups in total. The molecule has 0 bridgehead atoms. The van der Waals surface area contributed by atoms with E-state index < -0.39 is 0 Å². The maximum atomic E-state index is 3.15. The molecule has 0 radical (unpaired) electrons. The van der Waals surface area contributed by atoms with E-state index in [9.17, 15) is 0 Å². The summed E-state index contributed by atoms with van der Waals surface area (Å²) >= 11 is 0. The molecule has 0 saturated heterocycles. The topological polar surface area (TPSA) is 0 Å². The van der Waals surface area contributed by atoms with Crippen molar-refractivity contribution in [3.8, 4) is 11.8 Å². The molecule has 0 heterocycles. The van der Waals surface area contributed by atoms with Crippen LogP contribution in [0.1, 0.15) is 26.7 Å². The lowest BCUT2D eigenvalue weighted by Gasteiger charge is -2.19. The van der Waals surface area contributed by atoms with Crippen molar-refractivity contribution in [2.75, 3.05) is 0 Å². The van der Waals surface area contributed by atoms with Gasteiger partial charge in [-0.1, -0.05) is 32.1 Å². The van der Waals surface area contributed by atoms with E-state index in [4.69, 9.17) is 0 Å². The summed E-state index contributed by atoms with van der Waals surface area (Å²) < 4.78 is 0. The van der Waals surface area contributed by atoms with Crippen LogP contribution in [0.15, 0.2) is 0 Å². The molecule has 8 heavy (non-hydrogen) atoms. The van der Waals surface area contributed by atoms with Crippen LogP contribution in [-0.4, -0.2) is 0 Å². The van der Waals surface area contributed by atoms with E-state index >= 15 is 0 Å². The van der Waals surface area contributed by atoms with Gasteiger partial charge in [0.05, 0.1) is 0 Å². The van der Waals surface area contributed by atoms with Crippen molar-refractivity contribution in [2.45, 2.75) is 26.7 Å². The second kappa shape index (κ2) is 2.22. The summed E-state index contributed by atoms with van der Waals surface area (Å²) in [5.74, 6) is 7.67. The smallest absolute Gasteiger partial charge is 0.0337 e. The molecule has 0 aromatic carbocycles. The van der Waals surface area contributed by atoms with Crippen LogP contribution in [0.3, 0.4) is 0 Å². The van der Waals surface area contributed by atoms with Crippen LogP contribution in [0.25, 0.3) is 0 Å². The van der Waals surface area contributed by atoms with Crippen LogP contribution in [0, 0.1) is 23.7 Å². The van der Waals surface area contributed by atoms with Gasteiger partial charge in [0.15, 0.2) is 0 Å². The highest BCUT2D eigenvalue weighted by molar-refractivity contribution is 5.20. The summed E-state index contributed by atoms with van der Waals surface area (Å²) in [5.41, 5.74) is 0. The summed E-state index contributed by atoms with van der Waals surface area (Å²) in [4.78, 5) is 0. The third-order valence-corrected chi connectivity index (χ3v) is 1.70. The molecule has 0 amide bonds. The lowest BCUT2D eigenvalue weighted by molar-refractivity contribution is 0.470. The van der Waals surface area contributed by atoms with E-state index in [2.05, 4.69) is 25.7 Å². The molecule has 0 saturated carbocycles. The van der Waals surface area contributed by atoms with Gasteiger partial charge in [0.1, 0.15) is 0 Å². The molecule has 2 unspecified atom stereocenters. The SMILES string of the molecule is CCCC1C#CC1C. The Hall–Kier alpha value is -0.440. The predicted octanol–water partition coefficient (Wildman–Crippen LogP) is 2.06. The Morgan fingerprint density at radius 3 is 2.25 bits per heavy atom. The molecule has 0 heteroatoms. The minimum atomic E-state index is 0.690. The molecule has 44 valence electrons. The summed E-state index contributed by atoms with van der Waals surface area (Å²) in [7, 11) is 0. The fourth-order valence-corrected chi connectivity index (χ4v) is 1.00. The van der Waals surface area contributed by atoms with Crippen LogP contribution in [0.5, 0.6) is 0 Å². The molecule has 0 aliphatic heterocycles. The van der Waals surface area contributed by atoms with Gasteiger partial charge in [-0.3, -0.25) is 0 Å². The summed E-state index contributed by atoms with van der Waals surface area (Å²) in [6.45, 7) is 4.42. The van der Waals surface area contributed by atoms with Gasteiger partial charge >= 0.3 is 0 Å². The summed E-state index contributed by atoms with van der Waals surface area (Å²) in [5, 5.41) is 0.